The van der Waals surface area contributed by atoms with Crippen molar-refractivity contribution < 1.29 is 4.79 Å². The average Bonchev–Trinajstić information content (AvgIpc) is 2.62. The topological polar surface area (TPSA) is 103 Å². The van der Waals surface area contributed by atoms with E-state index in [-0.39, 0.29) is 5.71 Å². The van der Waals surface area contributed by atoms with Gasteiger partial charge in [-0.05, 0) is 35.4 Å². The Labute approximate surface area is 154 Å². The average molecular weight is 371 g/mol. The van der Waals surface area contributed by atoms with Crippen LogP contribution in [0.5, 0.6) is 0 Å². The molecule has 0 unspecified atom stereocenters. The van der Waals surface area contributed by atoms with Crippen molar-refractivity contribution in [1.29, 1.82) is 10.5 Å². The van der Waals surface area contributed by atoms with Crippen LogP contribution in [0.3, 0.4) is 0 Å². The number of rotatable bonds is 5. The summed E-state index contributed by atoms with van der Waals surface area (Å²) < 4.78 is 0. The Morgan fingerprint density at radius 2 is 1.28 bits per heavy atom. The number of carbonyl (C=O) groups is 1. The molecule has 0 bridgehead atoms. The molecule has 0 spiro atoms. The molecule has 0 aromatic heterocycles. The first-order valence-electron chi connectivity index (χ1n) is 7.14. The van der Waals surface area contributed by atoms with Crippen LogP contribution in [0.4, 0.5) is 0 Å². The first kappa shape index (κ1) is 18.5. The zero-order valence-electron chi connectivity index (χ0n) is 12.9. The monoisotopic (exact) mass is 370 g/mol. The highest BCUT2D eigenvalue weighted by Gasteiger charge is 2.31. The number of hydrazone groups is 1. The molecule has 0 radical (unpaired) electrons. The predicted molar refractivity (Wildman–Crippen MR) is 96.2 cm³/mol. The molecule has 2 atom stereocenters. The standard InChI is InChI=1S/C18H12Cl2N4O/c19-13-5-1-11(2-6-13)15(9-21)17(24-23)18(25)16(10-22)12-3-7-14(20)8-4-12/h1-8,15-16H,23H2/b24-17-/t15-,16-/m0/s1. The highest BCUT2D eigenvalue weighted by molar-refractivity contribution is 6.44. The molecule has 0 aliphatic rings. The van der Waals surface area contributed by atoms with Gasteiger partial charge in [0.2, 0.25) is 5.78 Å². The first-order chi connectivity index (χ1) is 12.0. The number of benzene rings is 2. The van der Waals surface area contributed by atoms with Crippen LogP contribution in [0.25, 0.3) is 0 Å². The van der Waals surface area contributed by atoms with Gasteiger partial charge < -0.3 is 5.84 Å². The Balaban J connectivity index is 2.39. The summed E-state index contributed by atoms with van der Waals surface area (Å²) in [5.74, 6) is 2.60. The maximum absolute atomic E-state index is 12.8. The maximum Gasteiger partial charge on any atom is 0.202 e. The van der Waals surface area contributed by atoms with Gasteiger partial charge in [0.15, 0.2) is 0 Å². The van der Waals surface area contributed by atoms with Gasteiger partial charge in [-0.25, -0.2) is 0 Å². The smallest absolute Gasteiger partial charge is 0.202 e. The molecule has 0 amide bonds. The van der Waals surface area contributed by atoms with E-state index in [4.69, 9.17) is 29.0 Å². The number of Topliss-reactive ketones (excluding diaryl/α,β-unsaturated/α-hetero) is 1. The zero-order chi connectivity index (χ0) is 18.4. The third-order valence-corrected chi connectivity index (χ3v) is 4.10. The Bertz CT molecular complexity index is 877. The van der Waals surface area contributed by atoms with Crippen LogP contribution in [0, 0.1) is 22.7 Å². The normalized spacial score (nSPS) is 13.4. The minimum Gasteiger partial charge on any atom is -0.323 e. The summed E-state index contributed by atoms with van der Waals surface area (Å²) in [6.45, 7) is 0. The summed E-state index contributed by atoms with van der Waals surface area (Å²) in [7, 11) is 0. The highest BCUT2D eigenvalue weighted by Crippen LogP contribution is 2.25. The van der Waals surface area contributed by atoms with E-state index < -0.39 is 17.6 Å². The number of ketones is 1. The Hall–Kier alpha value is -2.86. The summed E-state index contributed by atoms with van der Waals surface area (Å²) in [6.07, 6.45) is 0. The molecule has 5 nitrogen and oxygen atoms in total. The lowest BCUT2D eigenvalue weighted by atomic mass is 9.86. The largest absolute Gasteiger partial charge is 0.323 e. The SMILES string of the molecule is N#C[C@H](C(=O)/C(=N\N)[C@@H](C#N)c1ccc(Cl)cc1)c1ccc(Cl)cc1. The predicted octanol–water partition coefficient (Wildman–Crippen LogP) is 3.79. The molecule has 0 aliphatic heterocycles. The minimum atomic E-state index is -1.14. The van der Waals surface area contributed by atoms with Gasteiger partial charge in [-0.1, -0.05) is 47.5 Å². The van der Waals surface area contributed by atoms with Crippen molar-refractivity contribution in [2.75, 3.05) is 0 Å². The van der Waals surface area contributed by atoms with E-state index in [1.54, 1.807) is 48.5 Å². The molecular formula is C18H12Cl2N4O. The van der Waals surface area contributed by atoms with E-state index >= 15 is 0 Å². The van der Waals surface area contributed by atoms with Crippen LogP contribution in [0.2, 0.25) is 10.0 Å². The molecule has 0 saturated carbocycles. The van der Waals surface area contributed by atoms with Crippen LogP contribution in [-0.2, 0) is 4.79 Å². The van der Waals surface area contributed by atoms with Gasteiger partial charge in [0, 0.05) is 10.0 Å². The highest BCUT2D eigenvalue weighted by atomic mass is 35.5. The molecule has 2 aromatic rings. The van der Waals surface area contributed by atoms with E-state index in [9.17, 15) is 15.3 Å². The lowest BCUT2D eigenvalue weighted by Gasteiger charge is -2.14. The molecule has 0 heterocycles. The van der Waals surface area contributed by atoms with Crippen molar-refractivity contribution >= 4 is 34.7 Å². The molecule has 2 rings (SSSR count). The summed E-state index contributed by atoms with van der Waals surface area (Å²) in [6, 6.07) is 16.7. The Morgan fingerprint density at radius 1 is 0.880 bits per heavy atom. The molecule has 0 aliphatic carbocycles. The number of carbonyl (C=O) groups excluding carboxylic acids is 1. The fourth-order valence-electron chi connectivity index (χ4n) is 2.32. The molecule has 7 heteroatoms. The van der Waals surface area contributed by atoms with E-state index in [1.165, 1.54) is 0 Å². The summed E-state index contributed by atoms with van der Waals surface area (Å²) in [5.41, 5.74) is 0.773. The first-order valence-corrected chi connectivity index (χ1v) is 7.89. The van der Waals surface area contributed by atoms with Crippen molar-refractivity contribution in [3.63, 3.8) is 0 Å². The van der Waals surface area contributed by atoms with Crippen molar-refractivity contribution in [2.45, 2.75) is 11.8 Å². The molecule has 2 aromatic carbocycles. The van der Waals surface area contributed by atoms with Gasteiger partial charge in [0.1, 0.15) is 17.5 Å². The van der Waals surface area contributed by atoms with Crippen molar-refractivity contribution in [1.82, 2.24) is 0 Å². The summed E-state index contributed by atoms with van der Waals surface area (Å²) >= 11 is 11.7. The number of nitrogens with two attached hydrogens (primary N) is 1. The van der Waals surface area contributed by atoms with Gasteiger partial charge in [-0.3, -0.25) is 4.79 Å². The van der Waals surface area contributed by atoms with Gasteiger partial charge in [-0.15, -0.1) is 0 Å². The number of halogens is 2. The van der Waals surface area contributed by atoms with Gasteiger partial charge in [0.05, 0.1) is 12.1 Å². The van der Waals surface area contributed by atoms with Crippen LogP contribution >= 0.6 is 23.2 Å². The molecule has 0 saturated heterocycles. The van der Waals surface area contributed by atoms with Crippen LogP contribution < -0.4 is 5.84 Å². The van der Waals surface area contributed by atoms with E-state index in [1.807, 2.05) is 12.1 Å². The lowest BCUT2D eigenvalue weighted by molar-refractivity contribution is -0.113. The third kappa shape index (κ3) is 4.16. The molecule has 0 fully saturated rings. The van der Waals surface area contributed by atoms with Crippen molar-refractivity contribution in [3.8, 4) is 12.1 Å². The second-order valence-corrected chi connectivity index (χ2v) is 5.98. The second kappa shape index (κ2) is 8.30. The molecule has 25 heavy (non-hydrogen) atoms. The number of hydrogen-bond acceptors (Lipinski definition) is 5. The van der Waals surface area contributed by atoms with Gasteiger partial charge in [0.25, 0.3) is 0 Å². The van der Waals surface area contributed by atoms with Crippen LogP contribution in [0.1, 0.15) is 23.0 Å². The van der Waals surface area contributed by atoms with Gasteiger partial charge >= 0.3 is 0 Å². The number of nitrogens with zero attached hydrogens (tertiary/aromatic N) is 3. The van der Waals surface area contributed by atoms with E-state index in [0.717, 1.165) is 0 Å². The lowest BCUT2D eigenvalue weighted by Crippen LogP contribution is -2.28. The summed E-state index contributed by atoms with van der Waals surface area (Å²) in [5, 5.41) is 23.4. The third-order valence-electron chi connectivity index (χ3n) is 3.59. The molecule has 124 valence electrons. The number of nitriles is 2. The quantitative estimate of drug-likeness (QED) is 0.491. The van der Waals surface area contributed by atoms with Gasteiger partial charge in [-0.2, -0.15) is 15.6 Å². The number of hydrogen-bond donors (Lipinski definition) is 1. The maximum atomic E-state index is 12.8. The fourth-order valence-corrected chi connectivity index (χ4v) is 2.57. The molecule has 2 N–H and O–H groups in total. The van der Waals surface area contributed by atoms with Crippen LogP contribution in [-0.4, -0.2) is 11.5 Å². The zero-order valence-corrected chi connectivity index (χ0v) is 14.4. The Kier molecular flexibility index (Phi) is 6.14. The fraction of sp³-hybridized carbons (Fsp3) is 0.111. The van der Waals surface area contributed by atoms with Crippen LogP contribution in [0.15, 0.2) is 53.6 Å². The minimum absolute atomic E-state index is 0.189. The van der Waals surface area contributed by atoms with Crippen molar-refractivity contribution in [3.05, 3.63) is 69.7 Å². The van der Waals surface area contributed by atoms with E-state index in [0.29, 0.717) is 21.2 Å². The van der Waals surface area contributed by atoms with Crippen molar-refractivity contribution in [2.24, 2.45) is 10.9 Å². The van der Waals surface area contributed by atoms with E-state index in [2.05, 4.69) is 5.10 Å². The molecular weight excluding hydrogens is 359 g/mol. The second-order valence-electron chi connectivity index (χ2n) is 5.11. The Morgan fingerprint density at radius 3 is 1.64 bits per heavy atom. The summed E-state index contributed by atoms with van der Waals surface area (Å²) in [4.78, 5) is 12.8.